The fraction of sp³-hybridized carbons (Fsp3) is 0. The summed E-state index contributed by atoms with van der Waals surface area (Å²) in [7, 11) is 1.45. The van der Waals surface area contributed by atoms with Crippen molar-refractivity contribution in [2.24, 2.45) is 0 Å². The minimum Gasteiger partial charge on any atom is -0.265 e. The summed E-state index contributed by atoms with van der Waals surface area (Å²) < 4.78 is 25.8. The molecular formula is C12H7BrClN3O2S2. The predicted molar refractivity (Wildman–Crippen MR) is 85.4 cm³/mol. The lowest BCUT2D eigenvalue weighted by Crippen LogP contribution is -2.05. The molecule has 5 nitrogen and oxygen atoms in total. The Morgan fingerprint density at radius 2 is 1.90 bits per heavy atom. The summed E-state index contributed by atoms with van der Waals surface area (Å²) >= 11 is 4.85. The topological polar surface area (TPSA) is 64.8 Å². The van der Waals surface area contributed by atoms with Gasteiger partial charge in [0.2, 0.25) is 0 Å². The first-order chi connectivity index (χ1) is 9.97. The second-order valence-corrected chi connectivity index (χ2v) is 8.80. The number of para-hydroxylation sites is 1. The van der Waals surface area contributed by atoms with Gasteiger partial charge in [-0.1, -0.05) is 18.2 Å². The van der Waals surface area contributed by atoms with Crippen LogP contribution in [0.3, 0.4) is 0 Å². The number of thiophene rings is 1. The van der Waals surface area contributed by atoms with Crippen LogP contribution >= 0.6 is 37.9 Å². The Balaban J connectivity index is 2.30. The maximum Gasteiger partial charge on any atom is 0.297 e. The number of rotatable bonds is 3. The third-order valence-corrected chi connectivity index (χ3v) is 5.31. The zero-order chi connectivity index (χ0) is 15.0. The maximum atomic E-state index is 11.7. The average molecular weight is 405 g/mol. The van der Waals surface area contributed by atoms with Crippen molar-refractivity contribution in [3.8, 4) is 17.1 Å². The van der Waals surface area contributed by atoms with E-state index < -0.39 is 9.05 Å². The molecule has 108 valence electrons. The molecule has 21 heavy (non-hydrogen) atoms. The molecule has 0 aliphatic heterocycles. The van der Waals surface area contributed by atoms with Crippen molar-refractivity contribution in [2.75, 3.05) is 0 Å². The Morgan fingerprint density at radius 3 is 2.48 bits per heavy atom. The Hall–Kier alpha value is -1.22. The highest BCUT2D eigenvalue weighted by atomic mass is 79.9. The molecule has 0 aliphatic carbocycles. The molecule has 0 saturated carbocycles. The van der Waals surface area contributed by atoms with E-state index in [2.05, 4.69) is 26.1 Å². The van der Waals surface area contributed by atoms with E-state index in [1.54, 1.807) is 24.3 Å². The second-order valence-electron chi connectivity index (χ2n) is 4.05. The summed E-state index contributed by atoms with van der Waals surface area (Å²) in [6.07, 6.45) is 0. The van der Waals surface area contributed by atoms with Crippen LogP contribution in [0.5, 0.6) is 0 Å². The molecule has 1 aromatic carbocycles. The first-order valence-corrected chi connectivity index (χ1v) is 9.65. The van der Waals surface area contributed by atoms with Gasteiger partial charge in [0.1, 0.15) is 0 Å². The van der Waals surface area contributed by atoms with E-state index in [4.69, 9.17) is 10.7 Å². The van der Waals surface area contributed by atoms with Gasteiger partial charge < -0.3 is 0 Å². The highest BCUT2D eigenvalue weighted by Crippen LogP contribution is 2.31. The number of hydrogen-bond donors (Lipinski definition) is 0. The van der Waals surface area contributed by atoms with Crippen LogP contribution in [0.2, 0.25) is 0 Å². The maximum absolute atomic E-state index is 11.7. The molecule has 0 atom stereocenters. The van der Waals surface area contributed by atoms with Crippen molar-refractivity contribution in [3.05, 3.63) is 45.6 Å². The summed E-state index contributed by atoms with van der Waals surface area (Å²) in [6, 6.07) is 10.8. The number of hydrogen-bond acceptors (Lipinski definition) is 5. The summed E-state index contributed by atoms with van der Waals surface area (Å²) in [5.41, 5.74) is 1.38. The third-order valence-electron chi connectivity index (χ3n) is 2.69. The highest BCUT2D eigenvalue weighted by molar-refractivity contribution is 9.11. The van der Waals surface area contributed by atoms with Crippen LogP contribution in [0.25, 0.3) is 17.1 Å². The molecule has 0 amide bonds. The van der Waals surface area contributed by atoms with Crippen molar-refractivity contribution in [1.82, 2.24) is 14.8 Å². The van der Waals surface area contributed by atoms with Crippen LogP contribution in [-0.2, 0) is 9.05 Å². The molecule has 0 spiro atoms. The van der Waals surface area contributed by atoms with Gasteiger partial charge in [-0.25, -0.2) is 8.42 Å². The molecule has 3 aromatic rings. The molecule has 0 N–H and O–H groups in total. The fourth-order valence-electron chi connectivity index (χ4n) is 1.85. The van der Waals surface area contributed by atoms with E-state index in [1.165, 1.54) is 15.9 Å². The lowest BCUT2D eigenvalue weighted by molar-refractivity contribution is 0.597. The second kappa shape index (κ2) is 5.53. The van der Waals surface area contributed by atoms with Crippen LogP contribution < -0.4 is 0 Å². The van der Waals surface area contributed by atoms with E-state index in [0.29, 0.717) is 11.5 Å². The quantitative estimate of drug-likeness (QED) is 0.625. The van der Waals surface area contributed by atoms with Crippen LogP contribution in [0, 0.1) is 0 Å². The van der Waals surface area contributed by atoms with Gasteiger partial charge in [-0.2, -0.15) is 0 Å². The SMILES string of the molecule is O=S(=O)(Cl)c1nnc(-c2csc(Br)c2)n1-c1ccccc1. The van der Waals surface area contributed by atoms with Gasteiger partial charge in [-0.15, -0.1) is 21.5 Å². The molecule has 0 saturated heterocycles. The minimum absolute atomic E-state index is 0.298. The summed E-state index contributed by atoms with van der Waals surface area (Å²) in [5, 5.41) is 9.27. The normalized spacial score (nSPS) is 11.7. The fourth-order valence-corrected chi connectivity index (χ4v) is 3.83. The first kappa shape index (κ1) is 14.7. The summed E-state index contributed by atoms with van der Waals surface area (Å²) in [6.45, 7) is 0. The van der Waals surface area contributed by atoms with Crippen LogP contribution in [0.4, 0.5) is 0 Å². The van der Waals surface area contributed by atoms with Gasteiger partial charge in [0.25, 0.3) is 14.2 Å². The number of benzene rings is 1. The largest absolute Gasteiger partial charge is 0.297 e. The van der Waals surface area contributed by atoms with E-state index in [0.717, 1.165) is 9.35 Å². The molecule has 0 unspecified atom stereocenters. The number of aromatic nitrogens is 3. The summed E-state index contributed by atoms with van der Waals surface area (Å²) in [4.78, 5) is 0. The van der Waals surface area contributed by atoms with E-state index in [1.807, 2.05) is 17.5 Å². The molecule has 0 fully saturated rings. The standard InChI is InChI=1S/C12H7BrClN3O2S2/c13-10-6-8(7-20-10)11-15-16-12(21(14,18)19)17(11)9-4-2-1-3-5-9/h1-7H. The van der Waals surface area contributed by atoms with Crippen molar-refractivity contribution in [1.29, 1.82) is 0 Å². The highest BCUT2D eigenvalue weighted by Gasteiger charge is 2.24. The zero-order valence-electron chi connectivity index (χ0n) is 10.3. The third kappa shape index (κ3) is 2.89. The Bertz CT molecular complexity index is 890. The first-order valence-electron chi connectivity index (χ1n) is 5.67. The Morgan fingerprint density at radius 1 is 1.19 bits per heavy atom. The molecule has 0 radical (unpaired) electrons. The lowest BCUT2D eigenvalue weighted by Gasteiger charge is -2.07. The molecule has 0 bridgehead atoms. The molecule has 2 heterocycles. The van der Waals surface area contributed by atoms with Crippen molar-refractivity contribution in [2.45, 2.75) is 5.16 Å². The predicted octanol–water partition coefficient (Wildman–Crippen LogP) is 3.69. The van der Waals surface area contributed by atoms with Crippen molar-refractivity contribution >= 4 is 47.0 Å². The van der Waals surface area contributed by atoms with Gasteiger partial charge in [-0.05, 0) is 34.1 Å². The average Bonchev–Trinajstić information content (AvgIpc) is 3.04. The van der Waals surface area contributed by atoms with Gasteiger partial charge in [0.05, 0.1) is 3.79 Å². The smallest absolute Gasteiger partial charge is 0.265 e. The van der Waals surface area contributed by atoms with Crippen LogP contribution in [-0.4, -0.2) is 23.2 Å². The Kier molecular flexibility index (Phi) is 3.87. The number of nitrogens with zero attached hydrogens (tertiary/aromatic N) is 3. The molecule has 3 rings (SSSR count). The van der Waals surface area contributed by atoms with Gasteiger partial charge in [-0.3, -0.25) is 4.57 Å². The monoisotopic (exact) mass is 403 g/mol. The van der Waals surface area contributed by atoms with E-state index in [9.17, 15) is 8.42 Å². The molecule has 2 aromatic heterocycles. The molecule has 0 aliphatic rings. The van der Waals surface area contributed by atoms with Gasteiger partial charge in [0.15, 0.2) is 5.82 Å². The lowest BCUT2D eigenvalue weighted by atomic mass is 10.3. The Labute approximate surface area is 137 Å². The van der Waals surface area contributed by atoms with Gasteiger partial charge in [0, 0.05) is 27.3 Å². The number of halogens is 2. The van der Waals surface area contributed by atoms with E-state index >= 15 is 0 Å². The van der Waals surface area contributed by atoms with Gasteiger partial charge >= 0.3 is 0 Å². The van der Waals surface area contributed by atoms with Crippen molar-refractivity contribution in [3.63, 3.8) is 0 Å². The molecular weight excluding hydrogens is 398 g/mol. The van der Waals surface area contributed by atoms with Crippen LogP contribution in [0.1, 0.15) is 0 Å². The van der Waals surface area contributed by atoms with E-state index in [-0.39, 0.29) is 5.16 Å². The zero-order valence-corrected chi connectivity index (χ0v) is 14.2. The summed E-state index contributed by atoms with van der Waals surface area (Å²) in [5.74, 6) is 0.419. The molecule has 9 heteroatoms. The van der Waals surface area contributed by atoms with Crippen LogP contribution in [0.15, 0.2) is 50.7 Å². The van der Waals surface area contributed by atoms with Crippen molar-refractivity contribution < 1.29 is 8.42 Å². The minimum atomic E-state index is -4.01.